The summed E-state index contributed by atoms with van der Waals surface area (Å²) in [6.45, 7) is 0.408. The van der Waals surface area contributed by atoms with E-state index in [9.17, 15) is 14.0 Å². The fourth-order valence-corrected chi connectivity index (χ4v) is 2.19. The molecule has 0 radical (unpaired) electrons. The number of ether oxygens (including phenoxy) is 1. The lowest BCUT2D eigenvalue weighted by molar-refractivity contribution is -1.92. The van der Waals surface area contributed by atoms with Crippen molar-refractivity contribution in [3.63, 3.8) is 0 Å². The zero-order valence-corrected chi connectivity index (χ0v) is 8.68. The Labute approximate surface area is 89.3 Å². The van der Waals surface area contributed by atoms with Crippen molar-refractivity contribution in [2.45, 2.75) is 19.1 Å². The molecule has 0 aromatic heterocycles. The average Bonchev–Trinajstić information content (AvgIpc) is 2.16. The Morgan fingerprint density at radius 2 is 2.20 bits per heavy atom. The molecule has 2 rings (SSSR count). The smallest absolute Gasteiger partial charge is 0.336 e. The van der Waals surface area contributed by atoms with Gasteiger partial charge in [0.15, 0.2) is 0 Å². The Balaban J connectivity index is 2.10. The van der Waals surface area contributed by atoms with Crippen LogP contribution in [0.2, 0.25) is 0 Å². The van der Waals surface area contributed by atoms with Crippen LogP contribution in [0.3, 0.4) is 0 Å². The number of hydrogen-bond donors (Lipinski definition) is 0. The second-order valence-corrected chi connectivity index (χ2v) is 4.42. The van der Waals surface area contributed by atoms with Crippen molar-refractivity contribution in [1.82, 2.24) is 0 Å². The molecule has 1 heterocycles. The maximum atomic E-state index is 10.4. The summed E-state index contributed by atoms with van der Waals surface area (Å²) in [6.07, 6.45) is 6.18. The fraction of sp³-hybridized carbons (Fsp3) is 0.556. The molecule has 0 bridgehead atoms. The molecule has 0 aromatic rings. The van der Waals surface area contributed by atoms with Gasteiger partial charge in [0, 0.05) is 5.57 Å². The first kappa shape index (κ1) is 11.1. The highest BCUT2D eigenvalue weighted by atomic mass is 35.7. The molecule has 0 aromatic carbocycles. The fourth-order valence-electron chi connectivity index (χ4n) is 1.84. The molecule has 0 N–H and O–H groups in total. The number of halogens is 1. The summed E-state index contributed by atoms with van der Waals surface area (Å²) in [4.78, 5) is 0. The summed E-state index contributed by atoms with van der Waals surface area (Å²) in [7, 11) is -4.44. The van der Waals surface area contributed by atoms with Crippen molar-refractivity contribution in [2.75, 3.05) is 6.61 Å². The summed E-state index contributed by atoms with van der Waals surface area (Å²) < 4.78 is 40.8. The molecule has 1 fully saturated rings. The van der Waals surface area contributed by atoms with E-state index in [1.54, 1.807) is 6.08 Å². The number of allylic oxidation sites excluding steroid dienone is 3. The molecule has 6 heteroatoms. The van der Waals surface area contributed by atoms with Crippen molar-refractivity contribution < 1.29 is 33.2 Å². The van der Waals surface area contributed by atoms with Crippen LogP contribution in [0.15, 0.2) is 23.8 Å². The van der Waals surface area contributed by atoms with Crippen LogP contribution in [0.4, 0.5) is 0 Å². The van der Waals surface area contributed by atoms with Gasteiger partial charge in [-0.1, -0.05) is 18.2 Å². The maximum absolute atomic E-state index is 10.4. The Morgan fingerprint density at radius 1 is 1.40 bits per heavy atom. The van der Waals surface area contributed by atoms with E-state index in [-0.39, 0.29) is 5.92 Å². The Morgan fingerprint density at radius 3 is 2.93 bits per heavy atom. The third-order valence-corrected chi connectivity index (χ3v) is 2.89. The maximum Gasteiger partial charge on any atom is 0.336 e. The Kier molecular flexibility index (Phi) is 3.11. The van der Waals surface area contributed by atoms with Crippen LogP contribution in [0.25, 0.3) is 0 Å². The molecule has 2 unspecified atom stereocenters. The van der Waals surface area contributed by atoms with Gasteiger partial charge in [-0.3, -0.25) is 0 Å². The first-order chi connectivity index (χ1) is 7.06. The third kappa shape index (κ3) is 2.78. The topological polar surface area (TPSA) is 87.6 Å². The molecule has 5 nitrogen and oxygen atoms in total. The summed E-state index contributed by atoms with van der Waals surface area (Å²) in [5.41, 5.74) is 0.732. The van der Waals surface area contributed by atoms with Crippen molar-refractivity contribution in [2.24, 2.45) is 5.92 Å². The van der Waals surface area contributed by atoms with Gasteiger partial charge in [-0.15, -0.1) is 0 Å². The van der Waals surface area contributed by atoms with Crippen molar-refractivity contribution in [3.05, 3.63) is 23.8 Å². The highest BCUT2D eigenvalue weighted by molar-refractivity contribution is 5.23. The molecule has 0 saturated carbocycles. The Bertz CT molecular complexity index is 293. The highest BCUT2D eigenvalue weighted by Gasteiger charge is 2.39. The predicted molar refractivity (Wildman–Crippen MR) is 40.8 cm³/mol. The molecular formula is C9H11ClO5. The zero-order chi connectivity index (χ0) is 10.9. The van der Waals surface area contributed by atoms with Gasteiger partial charge in [-0.25, -0.2) is 0 Å². The second-order valence-electron chi connectivity index (χ2n) is 3.49. The van der Waals surface area contributed by atoms with Gasteiger partial charge in [0.05, 0.1) is 16.9 Å². The van der Waals surface area contributed by atoms with Crippen LogP contribution in [0.1, 0.15) is 12.8 Å². The van der Waals surface area contributed by atoms with Crippen LogP contribution in [0.5, 0.6) is 0 Å². The van der Waals surface area contributed by atoms with Gasteiger partial charge in [0.25, 0.3) is 0 Å². The molecule has 2 aliphatic rings. The van der Waals surface area contributed by atoms with Gasteiger partial charge in [-0.2, -0.15) is 14.0 Å². The van der Waals surface area contributed by atoms with Crippen molar-refractivity contribution >= 4 is 0 Å². The lowest BCUT2D eigenvalue weighted by atomic mass is 9.87. The van der Waals surface area contributed by atoms with Gasteiger partial charge < -0.3 is 4.74 Å². The van der Waals surface area contributed by atoms with Crippen LogP contribution in [-0.2, 0) is 9.03 Å². The van der Waals surface area contributed by atoms with Gasteiger partial charge in [-0.05, 0) is 18.8 Å². The third-order valence-electron chi connectivity index (χ3n) is 2.51. The first-order valence-corrected chi connectivity index (χ1v) is 5.87. The summed E-state index contributed by atoms with van der Waals surface area (Å²) in [5.74, 6) is 0.227. The van der Waals surface area contributed by atoms with Gasteiger partial charge in [0.1, 0.15) is 4.29 Å². The minimum absolute atomic E-state index is 0.227. The van der Waals surface area contributed by atoms with E-state index in [2.05, 4.69) is 4.29 Å². The minimum atomic E-state index is -4.44. The van der Waals surface area contributed by atoms with Gasteiger partial charge >= 0.3 is 6.29 Å². The molecule has 84 valence electrons. The molecular weight excluding hydrogens is 224 g/mol. The van der Waals surface area contributed by atoms with Gasteiger partial charge in [0.2, 0.25) is 0 Å². The van der Waals surface area contributed by atoms with E-state index in [1.807, 2.05) is 12.2 Å². The molecule has 1 aliphatic carbocycles. The largest absolute Gasteiger partial charge is 0.336 e. The van der Waals surface area contributed by atoms with E-state index >= 15 is 0 Å². The number of hydrogen-bond acceptors (Lipinski definition) is 5. The van der Waals surface area contributed by atoms with E-state index in [4.69, 9.17) is 4.74 Å². The average molecular weight is 235 g/mol. The molecule has 1 aliphatic heterocycles. The Hall–Kier alpha value is -0.430. The molecule has 15 heavy (non-hydrogen) atoms. The summed E-state index contributed by atoms with van der Waals surface area (Å²) in [6, 6.07) is 0. The van der Waals surface area contributed by atoms with E-state index in [0.29, 0.717) is 6.61 Å². The number of rotatable bonds is 2. The first-order valence-electron chi connectivity index (χ1n) is 4.63. The monoisotopic (exact) mass is 234 g/mol. The standard InChI is InChI=1S/C9H11ClO5/c11-10(12,13)15-9-8-4-2-1-3-7(8)5-6-14-9/h1-2,4,7,9H,3,5-6H2. The van der Waals surface area contributed by atoms with E-state index in [0.717, 1.165) is 18.4 Å². The van der Waals surface area contributed by atoms with Crippen molar-refractivity contribution in [1.29, 1.82) is 0 Å². The van der Waals surface area contributed by atoms with E-state index < -0.39 is 16.5 Å². The predicted octanol–water partition coefficient (Wildman–Crippen LogP) is -1.85. The van der Waals surface area contributed by atoms with Crippen molar-refractivity contribution in [3.8, 4) is 0 Å². The molecule has 2 atom stereocenters. The lowest BCUT2D eigenvalue weighted by Crippen LogP contribution is -2.63. The zero-order valence-electron chi connectivity index (χ0n) is 7.93. The second kappa shape index (κ2) is 4.21. The normalized spacial score (nSPS) is 31.0. The van der Waals surface area contributed by atoms with Crippen LogP contribution in [-0.4, -0.2) is 12.9 Å². The quantitative estimate of drug-likeness (QED) is 0.560. The lowest BCUT2D eigenvalue weighted by Gasteiger charge is -2.30. The van der Waals surface area contributed by atoms with Crippen LogP contribution < -0.4 is 14.0 Å². The summed E-state index contributed by atoms with van der Waals surface area (Å²) >= 11 is 0. The molecule has 1 saturated heterocycles. The molecule has 0 spiro atoms. The highest BCUT2D eigenvalue weighted by Crippen LogP contribution is 2.33. The van der Waals surface area contributed by atoms with Crippen LogP contribution >= 0.6 is 0 Å². The number of fused-ring (bicyclic) bond motifs is 1. The van der Waals surface area contributed by atoms with E-state index in [1.165, 1.54) is 0 Å². The van der Waals surface area contributed by atoms with Crippen LogP contribution in [0, 0.1) is 16.2 Å². The SMILES string of the molecule is [O-][Cl+3]([O-])([O-])OC1OCCC2CC=CC=C21. The summed E-state index contributed by atoms with van der Waals surface area (Å²) in [5, 5.41) is 0. The molecule has 0 amide bonds. The minimum Gasteiger partial charge on any atom is -0.336 e.